The van der Waals surface area contributed by atoms with Crippen molar-refractivity contribution in [3.63, 3.8) is 0 Å². The zero-order valence-electron chi connectivity index (χ0n) is 25.1. The minimum atomic E-state index is -4.29. The van der Waals surface area contributed by atoms with Crippen molar-refractivity contribution in [3.05, 3.63) is 65.0 Å². The molecule has 1 aliphatic carbocycles. The van der Waals surface area contributed by atoms with Crippen LogP contribution in [0.4, 0.5) is 24.5 Å². The van der Waals surface area contributed by atoms with Crippen LogP contribution in [0.5, 0.6) is 0 Å². The Labute approximate surface area is 264 Å². The van der Waals surface area contributed by atoms with E-state index in [9.17, 15) is 36.8 Å². The number of nitrogens with zero attached hydrogens (tertiary/aromatic N) is 3. The highest BCUT2D eigenvalue weighted by Crippen LogP contribution is 2.46. The number of amides is 6. The number of carbonyl (C=O) groups is 5. The lowest BCUT2D eigenvalue weighted by Gasteiger charge is -2.30. The first-order valence-electron chi connectivity index (χ1n) is 14.5. The molecule has 2 heterocycles. The third-order valence-electron chi connectivity index (χ3n) is 8.12. The molecular weight excluding hydrogens is 627 g/mol. The van der Waals surface area contributed by atoms with Gasteiger partial charge in [0.25, 0.3) is 5.91 Å². The summed E-state index contributed by atoms with van der Waals surface area (Å²) in [4.78, 5) is 66.3. The molecule has 0 radical (unpaired) electrons. The number of hydrogen-bond acceptors (Lipinski definition) is 9. The van der Waals surface area contributed by atoms with Gasteiger partial charge >= 0.3 is 28.4 Å². The van der Waals surface area contributed by atoms with Crippen molar-refractivity contribution in [2.24, 2.45) is 0 Å². The Kier molecular flexibility index (Phi) is 9.16. The summed E-state index contributed by atoms with van der Waals surface area (Å²) in [5.74, 6) is -1.88. The van der Waals surface area contributed by atoms with Crippen LogP contribution in [0, 0.1) is 5.82 Å². The molecule has 2 atom stereocenters. The van der Waals surface area contributed by atoms with E-state index in [1.807, 2.05) is 4.72 Å². The van der Waals surface area contributed by atoms with Crippen molar-refractivity contribution in [2.45, 2.75) is 44.4 Å². The number of fused-ring (bicyclic) bond motifs is 2. The molecule has 1 spiro atoms. The lowest BCUT2D eigenvalue weighted by Crippen LogP contribution is -2.49. The molecule has 0 saturated carbocycles. The minimum Gasteiger partial charge on any atom is -0.449 e. The highest BCUT2D eigenvalue weighted by atomic mass is 32.2. The number of urea groups is 1. The predicted octanol–water partition coefficient (Wildman–Crippen LogP) is 1.79. The van der Waals surface area contributed by atoms with Gasteiger partial charge in [0.05, 0.1) is 6.61 Å². The van der Waals surface area contributed by atoms with Gasteiger partial charge in [-0.3, -0.25) is 9.59 Å². The van der Waals surface area contributed by atoms with Crippen LogP contribution in [-0.2, 0) is 47.8 Å². The topological polar surface area (TPSA) is 184 Å². The first-order valence-corrected chi connectivity index (χ1v) is 16.0. The number of carbonyl (C=O) groups excluding carboxylic acids is 5. The van der Waals surface area contributed by atoms with Crippen LogP contribution in [0.1, 0.15) is 36.5 Å². The first-order chi connectivity index (χ1) is 21.9. The lowest BCUT2D eigenvalue weighted by atomic mass is 9.94. The monoisotopic (exact) mass is 660 g/mol. The Balaban J connectivity index is 1.35. The van der Waals surface area contributed by atoms with E-state index in [4.69, 9.17) is 4.74 Å². The number of rotatable bonds is 9. The van der Waals surface area contributed by atoms with Crippen molar-refractivity contribution in [3.8, 4) is 0 Å². The fourth-order valence-electron chi connectivity index (χ4n) is 5.87. The van der Waals surface area contributed by atoms with Crippen molar-refractivity contribution in [1.29, 1.82) is 0 Å². The van der Waals surface area contributed by atoms with Crippen molar-refractivity contribution >= 4 is 45.9 Å². The molecule has 17 heteroatoms. The number of hydrogen-bond donors (Lipinski definition) is 3. The number of benzene rings is 2. The van der Waals surface area contributed by atoms with Gasteiger partial charge < -0.3 is 25.0 Å². The largest absolute Gasteiger partial charge is 0.449 e. The second-order valence-corrected chi connectivity index (χ2v) is 12.6. The standard InChI is InChI=1S/C29H33FN6O9S/c1-3-44-27(40)33-46(42,43)34-13-11-22(16-34)35(15-18-4-6-20(30)7-5-18)24(37)17-36-25(38)29(45-28(36)41)12-10-19-14-21(8-9-23(19)29)32-26(39)31-2/h4-9,14,22H,3,10-13,15-17H2,1-2H3,(H,33,40)(H2,31,32,39)/t22-,29-/m1/s1. The quantitative estimate of drug-likeness (QED) is 0.361. The molecule has 0 aromatic heterocycles. The smallest absolute Gasteiger partial charge is 0.421 e. The van der Waals surface area contributed by atoms with Crippen molar-refractivity contribution < 1.29 is 46.3 Å². The zero-order valence-corrected chi connectivity index (χ0v) is 25.9. The molecule has 3 aliphatic rings. The van der Waals surface area contributed by atoms with E-state index in [0.29, 0.717) is 28.8 Å². The lowest BCUT2D eigenvalue weighted by molar-refractivity contribution is -0.143. The van der Waals surface area contributed by atoms with Gasteiger partial charge in [-0.25, -0.2) is 28.4 Å². The Morgan fingerprint density at radius 3 is 2.59 bits per heavy atom. The molecule has 0 unspecified atom stereocenters. The zero-order chi connectivity index (χ0) is 33.2. The number of halogens is 1. The molecule has 0 bridgehead atoms. The molecule has 46 heavy (non-hydrogen) atoms. The van der Waals surface area contributed by atoms with E-state index < -0.39 is 64.2 Å². The normalized spacial score (nSPS) is 20.8. The van der Waals surface area contributed by atoms with Crippen LogP contribution >= 0.6 is 0 Å². The number of anilines is 1. The van der Waals surface area contributed by atoms with Gasteiger partial charge in [-0.2, -0.15) is 12.7 Å². The summed E-state index contributed by atoms with van der Waals surface area (Å²) in [6.45, 7) is 0.502. The Morgan fingerprint density at radius 1 is 1.15 bits per heavy atom. The van der Waals surface area contributed by atoms with E-state index in [0.717, 1.165) is 9.21 Å². The van der Waals surface area contributed by atoms with Crippen LogP contribution in [0.3, 0.4) is 0 Å². The van der Waals surface area contributed by atoms with Gasteiger partial charge in [0.2, 0.25) is 11.5 Å². The SMILES string of the molecule is CCOC(=O)NS(=O)(=O)N1CC[C@@H](N(Cc2ccc(F)cc2)C(=O)CN2C(=O)O[C@@]3(CCc4cc(NC(=O)NC)ccc43)C2=O)C1. The van der Waals surface area contributed by atoms with E-state index in [-0.39, 0.29) is 39.1 Å². The number of aryl methyl sites for hydroxylation is 1. The Morgan fingerprint density at radius 2 is 1.89 bits per heavy atom. The molecule has 6 amide bonds. The molecule has 246 valence electrons. The van der Waals surface area contributed by atoms with E-state index in [1.165, 1.54) is 43.1 Å². The van der Waals surface area contributed by atoms with E-state index in [1.54, 1.807) is 18.2 Å². The molecule has 2 aliphatic heterocycles. The van der Waals surface area contributed by atoms with Gasteiger partial charge in [0, 0.05) is 50.4 Å². The highest BCUT2D eigenvalue weighted by molar-refractivity contribution is 7.87. The molecule has 5 rings (SSSR count). The van der Waals surface area contributed by atoms with Crippen molar-refractivity contribution in [1.82, 2.24) is 24.1 Å². The molecule has 2 fully saturated rings. The molecule has 2 aromatic rings. The second-order valence-electron chi connectivity index (χ2n) is 10.9. The van der Waals surface area contributed by atoms with E-state index in [2.05, 4.69) is 15.4 Å². The maximum absolute atomic E-state index is 13.8. The predicted molar refractivity (Wildman–Crippen MR) is 159 cm³/mol. The van der Waals surface area contributed by atoms with Crippen LogP contribution in [-0.4, -0.2) is 91.9 Å². The van der Waals surface area contributed by atoms with Gasteiger partial charge in [-0.15, -0.1) is 0 Å². The van der Waals surface area contributed by atoms with Gasteiger partial charge in [-0.05, 0) is 55.2 Å². The third-order valence-corrected chi connectivity index (χ3v) is 9.55. The maximum Gasteiger partial charge on any atom is 0.421 e. The number of imide groups is 1. The van der Waals surface area contributed by atoms with Gasteiger partial charge in [-0.1, -0.05) is 18.2 Å². The summed E-state index contributed by atoms with van der Waals surface area (Å²) >= 11 is 0. The number of nitrogens with one attached hydrogen (secondary N) is 3. The molecule has 3 N–H and O–H groups in total. The van der Waals surface area contributed by atoms with Crippen LogP contribution in [0.15, 0.2) is 42.5 Å². The first kappa shape index (κ1) is 32.6. The summed E-state index contributed by atoms with van der Waals surface area (Å²) in [6.07, 6.45) is -1.45. The fourth-order valence-corrected chi connectivity index (χ4v) is 6.98. The second kappa shape index (κ2) is 12.9. The molecular formula is C29H33FN6O9S. The summed E-state index contributed by atoms with van der Waals surface area (Å²) in [6, 6.07) is 9.09. The fraction of sp³-hybridized carbons (Fsp3) is 0.414. The maximum atomic E-state index is 13.8. The summed E-state index contributed by atoms with van der Waals surface area (Å²) in [5, 5.41) is 5.10. The highest BCUT2D eigenvalue weighted by Gasteiger charge is 2.58. The van der Waals surface area contributed by atoms with Gasteiger partial charge in [0.15, 0.2) is 0 Å². The summed E-state index contributed by atoms with van der Waals surface area (Å²) in [5.41, 5.74) is 0.540. The van der Waals surface area contributed by atoms with Gasteiger partial charge in [0.1, 0.15) is 12.4 Å². The third kappa shape index (κ3) is 6.46. The Hall–Kier alpha value is -4.77. The van der Waals surface area contributed by atoms with E-state index >= 15 is 0 Å². The number of ether oxygens (including phenoxy) is 2. The molecule has 2 saturated heterocycles. The summed E-state index contributed by atoms with van der Waals surface area (Å²) < 4.78 is 52.3. The Bertz CT molecular complexity index is 1670. The van der Waals surface area contributed by atoms with Crippen LogP contribution < -0.4 is 15.4 Å². The van der Waals surface area contributed by atoms with Crippen LogP contribution in [0.25, 0.3) is 0 Å². The summed E-state index contributed by atoms with van der Waals surface area (Å²) in [7, 11) is -2.82. The average molecular weight is 661 g/mol. The molecule has 2 aromatic carbocycles. The average Bonchev–Trinajstić information content (AvgIpc) is 3.71. The minimum absolute atomic E-state index is 0.0338. The van der Waals surface area contributed by atoms with Crippen molar-refractivity contribution in [2.75, 3.05) is 38.6 Å². The van der Waals surface area contributed by atoms with Crippen LogP contribution in [0.2, 0.25) is 0 Å². The molecule has 15 nitrogen and oxygen atoms in total.